The molecular weight excluding hydrogens is 428 g/mol. The van der Waals surface area contributed by atoms with Crippen LogP contribution in [0.3, 0.4) is 0 Å². The highest BCUT2D eigenvalue weighted by molar-refractivity contribution is 9.10. The lowest BCUT2D eigenvalue weighted by Crippen LogP contribution is -2.42. The minimum Gasteiger partial charge on any atom is -0.467 e. The Morgan fingerprint density at radius 1 is 1.32 bits per heavy atom. The molecule has 2 aliphatic heterocycles. The number of hydrogen-bond donors (Lipinski definition) is 0. The van der Waals surface area contributed by atoms with Crippen LogP contribution in [0.4, 0.5) is 5.69 Å². The van der Waals surface area contributed by atoms with E-state index < -0.39 is 17.9 Å². The van der Waals surface area contributed by atoms with Crippen LogP contribution in [0, 0.1) is 0 Å². The topological polar surface area (TPSA) is 66.9 Å². The van der Waals surface area contributed by atoms with Gasteiger partial charge >= 0.3 is 5.97 Å². The molecule has 1 aromatic rings. The molecule has 130 valence electrons. The van der Waals surface area contributed by atoms with E-state index in [2.05, 4.69) is 15.9 Å². The Morgan fingerprint density at radius 2 is 2.00 bits per heavy atom. The smallest absolute Gasteiger partial charge is 0.328 e. The van der Waals surface area contributed by atoms with Gasteiger partial charge in [-0.2, -0.15) is 0 Å². The zero-order chi connectivity index (χ0) is 18.5. The number of nitrogens with zero attached hydrogens (tertiary/aromatic N) is 2. The fraction of sp³-hybridized carbons (Fsp3) is 0.250. The summed E-state index contributed by atoms with van der Waals surface area (Å²) in [5.41, 5.74) is 1.68. The standard InChI is InChI=1S/C16H13BrN2O4S2/c1-7(15(22)23-3)19-14(21)12(25-16(19)24)11-9-6-8(17)4-5-10(9)18(2)13(11)20/h4-7H,1-3H3/b12-11-/t7-/m1/s1. The molecule has 1 saturated heterocycles. The van der Waals surface area contributed by atoms with Gasteiger partial charge in [-0.3, -0.25) is 14.5 Å². The molecular formula is C16H13BrN2O4S2. The number of anilines is 1. The summed E-state index contributed by atoms with van der Waals surface area (Å²) in [7, 11) is 2.90. The normalized spacial score (nSPS) is 21.0. The highest BCUT2D eigenvalue weighted by Crippen LogP contribution is 2.45. The zero-order valence-corrected chi connectivity index (χ0v) is 16.8. The molecule has 1 atom stereocenters. The summed E-state index contributed by atoms with van der Waals surface area (Å²) in [6.07, 6.45) is 0. The summed E-state index contributed by atoms with van der Waals surface area (Å²) in [5.74, 6) is -1.31. The Morgan fingerprint density at radius 3 is 2.64 bits per heavy atom. The third-order valence-electron chi connectivity index (χ3n) is 4.06. The van der Waals surface area contributed by atoms with Crippen molar-refractivity contribution in [3.05, 3.63) is 33.1 Å². The van der Waals surface area contributed by atoms with Gasteiger partial charge in [-0.1, -0.05) is 39.9 Å². The van der Waals surface area contributed by atoms with Crippen molar-refractivity contribution >= 4 is 73.3 Å². The molecule has 9 heteroatoms. The number of ether oxygens (including phenoxy) is 1. The molecule has 1 fully saturated rings. The van der Waals surface area contributed by atoms with Gasteiger partial charge in [0.15, 0.2) is 0 Å². The number of likely N-dealkylation sites (N-methyl/N-ethyl adjacent to an activating group) is 1. The van der Waals surface area contributed by atoms with Crippen molar-refractivity contribution in [3.8, 4) is 0 Å². The Bertz CT molecular complexity index is 868. The predicted octanol–water partition coefficient (Wildman–Crippen LogP) is 2.56. The SMILES string of the molecule is COC(=O)[C@@H](C)N1C(=O)/C(=C2/C(=O)N(C)c3ccc(Br)cc32)SC1=S. The van der Waals surface area contributed by atoms with Crippen LogP contribution in [-0.2, 0) is 19.1 Å². The van der Waals surface area contributed by atoms with E-state index in [4.69, 9.17) is 17.0 Å². The maximum atomic E-state index is 12.9. The Balaban J connectivity index is 2.12. The molecule has 0 aromatic heterocycles. The Kier molecular flexibility index (Phi) is 4.74. The van der Waals surface area contributed by atoms with Crippen LogP contribution in [0.1, 0.15) is 12.5 Å². The summed E-state index contributed by atoms with van der Waals surface area (Å²) >= 11 is 9.68. The third kappa shape index (κ3) is 2.80. The molecule has 0 bridgehead atoms. The maximum absolute atomic E-state index is 12.9. The van der Waals surface area contributed by atoms with Crippen LogP contribution >= 0.6 is 39.9 Å². The number of halogens is 1. The van der Waals surface area contributed by atoms with Crippen molar-refractivity contribution in [3.63, 3.8) is 0 Å². The van der Waals surface area contributed by atoms with E-state index in [-0.39, 0.29) is 15.1 Å². The lowest BCUT2D eigenvalue weighted by Gasteiger charge is -2.20. The van der Waals surface area contributed by atoms with Crippen LogP contribution in [0.15, 0.2) is 27.6 Å². The van der Waals surface area contributed by atoms with Gasteiger partial charge in [0.05, 0.1) is 23.3 Å². The average molecular weight is 441 g/mol. The number of esters is 1. The summed E-state index contributed by atoms with van der Waals surface area (Å²) in [6, 6.07) is 4.58. The molecule has 0 saturated carbocycles. The van der Waals surface area contributed by atoms with Crippen LogP contribution < -0.4 is 4.90 Å². The van der Waals surface area contributed by atoms with Crippen molar-refractivity contribution in [2.45, 2.75) is 13.0 Å². The van der Waals surface area contributed by atoms with E-state index in [0.717, 1.165) is 21.9 Å². The monoisotopic (exact) mass is 440 g/mol. The second kappa shape index (κ2) is 6.54. The zero-order valence-electron chi connectivity index (χ0n) is 13.5. The number of rotatable bonds is 2. The van der Waals surface area contributed by atoms with Gasteiger partial charge in [0, 0.05) is 17.1 Å². The number of methoxy groups -OCH3 is 1. The summed E-state index contributed by atoms with van der Waals surface area (Å²) < 4.78 is 5.72. The Hall–Kier alpha value is -1.71. The molecule has 25 heavy (non-hydrogen) atoms. The van der Waals surface area contributed by atoms with Gasteiger partial charge in [0.25, 0.3) is 11.8 Å². The first-order valence-electron chi connectivity index (χ1n) is 7.23. The number of thioether (sulfide) groups is 1. The lowest BCUT2D eigenvalue weighted by atomic mass is 10.1. The molecule has 1 aromatic carbocycles. The van der Waals surface area contributed by atoms with Crippen molar-refractivity contribution in [1.82, 2.24) is 4.90 Å². The Labute approximate surface area is 162 Å². The van der Waals surface area contributed by atoms with Crippen molar-refractivity contribution in [2.24, 2.45) is 0 Å². The summed E-state index contributed by atoms with van der Waals surface area (Å²) in [5, 5.41) is 0. The first-order chi connectivity index (χ1) is 11.8. The number of hydrogen-bond acceptors (Lipinski definition) is 6. The van der Waals surface area contributed by atoms with Crippen LogP contribution in [-0.4, -0.2) is 47.2 Å². The number of amides is 2. The first kappa shape index (κ1) is 18.1. The van der Waals surface area contributed by atoms with Gasteiger partial charge in [-0.25, -0.2) is 4.79 Å². The van der Waals surface area contributed by atoms with E-state index in [1.165, 1.54) is 23.8 Å². The van der Waals surface area contributed by atoms with Crippen molar-refractivity contribution < 1.29 is 19.1 Å². The molecule has 2 amide bonds. The van der Waals surface area contributed by atoms with E-state index in [1.54, 1.807) is 13.1 Å². The second-order valence-corrected chi connectivity index (χ2v) is 8.03. The number of benzene rings is 1. The van der Waals surface area contributed by atoms with Gasteiger partial charge < -0.3 is 9.64 Å². The number of thiocarbonyl (C=S) groups is 1. The fourth-order valence-electron chi connectivity index (χ4n) is 2.75. The van der Waals surface area contributed by atoms with Gasteiger partial charge in [-0.05, 0) is 25.1 Å². The van der Waals surface area contributed by atoms with Crippen molar-refractivity contribution in [2.75, 3.05) is 19.1 Å². The van der Waals surface area contributed by atoms with Crippen molar-refractivity contribution in [1.29, 1.82) is 0 Å². The second-order valence-electron chi connectivity index (χ2n) is 5.47. The minimum absolute atomic E-state index is 0.226. The minimum atomic E-state index is -0.855. The van der Waals surface area contributed by atoms with E-state index in [9.17, 15) is 14.4 Å². The summed E-state index contributed by atoms with van der Waals surface area (Å²) in [4.78, 5) is 40.3. The van der Waals surface area contributed by atoms with Crippen LogP contribution in [0.25, 0.3) is 5.57 Å². The van der Waals surface area contributed by atoms with Gasteiger partial charge in [0.1, 0.15) is 10.4 Å². The fourth-order valence-corrected chi connectivity index (χ4v) is 4.60. The van der Waals surface area contributed by atoms with Gasteiger partial charge in [-0.15, -0.1) is 0 Å². The predicted molar refractivity (Wildman–Crippen MR) is 103 cm³/mol. The highest BCUT2D eigenvalue weighted by atomic mass is 79.9. The number of fused-ring (bicyclic) bond motifs is 1. The molecule has 3 rings (SSSR count). The molecule has 2 aliphatic rings. The molecule has 0 unspecified atom stereocenters. The van der Waals surface area contributed by atoms with Crippen LogP contribution in [0.5, 0.6) is 0 Å². The maximum Gasteiger partial charge on any atom is 0.328 e. The molecule has 6 nitrogen and oxygen atoms in total. The third-order valence-corrected chi connectivity index (χ3v) is 5.96. The van der Waals surface area contributed by atoms with E-state index >= 15 is 0 Å². The van der Waals surface area contributed by atoms with E-state index in [1.807, 2.05) is 12.1 Å². The largest absolute Gasteiger partial charge is 0.467 e. The highest BCUT2D eigenvalue weighted by Gasteiger charge is 2.44. The molecule has 0 radical (unpaired) electrons. The number of carbonyl (C=O) groups is 3. The van der Waals surface area contributed by atoms with Crippen LogP contribution in [0.2, 0.25) is 0 Å². The molecule has 0 N–H and O–H groups in total. The average Bonchev–Trinajstić information content (AvgIpc) is 2.99. The molecule has 0 spiro atoms. The lowest BCUT2D eigenvalue weighted by molar-refractivity contribution is -0.147. The quantitative estimate of drug-likeness (QED) is 0.399. The molecule has 0 aliphatic carbocycles. The van der Waals surface area contributed by atoms with Gasteiger partial charge in [0.2, 0.25) is 0 Å². The van der Waals surface area contributed by atoms with E-state index in [0.29, 0.717) is 11.1 Å². The molecule has 2 heterocycles. The number of carbonyl (C=O) groups excluding carboxylic acids is 3. The first-order valence-corrected chi connectivity index (χ1v) is 9.25. The summed E-state index contributed by atoms with van der Waals surface area (Å²) in [6.45, 7) is 1.54.